The number of carbonyl (C=O) groups excluding carboxylic acids is 1. The first-order valence-corrected chi connectivity index (χ1v) is 6.22. The first kappa shape index (κ1) is 12.9. The molecule has 0 saturated carbocycles. The molecule has 18 heavy (non-hydrogen) atoms. The lowest BCUT2D eigenvalue weighted by atomic mass is 10.00. The summed E-state index contributed by atoms with van der Waals surface area (Å²) >= 11 is 0. The van der Waals surface area contributed by atoms with Crippen molar-refractivity contribution in [3.63, 3.8) is 0 Å². The zero-order valence-corrected chi connectivity index (χ0v) is 11.2. The summed E-state index contributed by atoms with van der Waals surface area (Å²) in [6.07, 6.45) is 0.811. The lowest BCUT2D eigenvalue weighted by molar-refractivity contribution is 0.0955. The van der Waals surface area contributed by atoms with Gasteiger partial charge in [0, 0.05) is 5.56 Å². The minimum Gasteiger partial charge on any atom is -0.486 e. The predicted octanol–water partition coefficient (Wildman–Crippen LogP) is 1.76. The fourth-order valence-corrected chi connectivity index (χ4v) is 2.06. The highest BCUT2D eigenvalue weighted by Gasteiger charge is 2.19. The number of ether oxygens (including phenoxy) is 2. The van der Waals surface area contributed by atoms with E-state index in [9.17, 15) is 4.79 Å². The molecule has 1 heterocycles. The fraction of sp³-hybridized carbons (Fsp3) is 0.500. The molecule has 0 aliphatic carbocycles. The monoisotopic (exact) mass is 249 g/mol. The molecular weight excluding hydrogens is 230 g/mol. The van der Waals surface area contributed by atoms with Gasteiger partial charge in [0.05, 0.1) is 6.54 Å². The predicted molar refractivity (Wildman–Crippen MR) is 69.7 cm³/mol. The maximum atomic E-state index is 12.2. The van der Waals surface area contributed by atoms with Gasteiger partial charge < -0.3 is 14.4 Å². The van der Waals surface area contributed by atoms with Crippen molar-refractivity contribution in [2.45, 2.75) is 13.3 Å². The van der Waals surface area contributed by atoms with Crippen LogP contribution in [0.5, 0.6) is 11.5 Å². The largest absolute Gasteiger partial charge is 0.486 e. The number of hydrogen-bond acceptors (Lipinski definition) is 4. The van der Waals surface area contributed by atoms with Crippen LogP contribution in [0, 0.1) is 0 Å². The Morgan fingerprint density at radius 2 is 1.83 bits per heavy atom. The van der Waals surface area contributed by atoms with Crippen molar-refractivity contribution in [3.05, 3.63) is 23.3 Å². The number of benzene rings is 1. The zero-order chi connectivity index (χ0) is 13.1. The molecule has 0 atom stereocenters. The summed E-state index contributed by atoms with van der Waals surface area (Å²) in [6.45, 7) is 3.56. The lowest BCUT2D eigenvalue weighted by Crippen LogP contribution is -2.23. The number of nitrogens with zero attached hydrogens (tertiary/aromatic N) is 1. The smallest absolute Gasteiger partial charge is 0.177 e. The molecule has 98 valence electrons. The molecule has 2 rings (SSSR count). The van der Waals surface area contributed by atoms with Crippen LogP contribution in [0.15, 0.2) is 12.1 Å². The van der Waals surface area contributed by atoms with Crippen molar-refractivity contribution in [1.82, 2.24) is 4.90 Å². The first-order valence-electron chi connectivity index (χ1n) is 6.22. The van der Waals surface area contributed by atoms with E-state index >= 15 is 0 Å². The Morgan fingerprint density at radius 3 is 2.39 bits per heavy atom. The Labute approximate surface area is 107 Å². The second-order valence-electron chi connectivity index (χ2n) is 4.67. The fourth-order valence-electron chi connectivity index (χ4n) is 2.06. The van der Waals surface area contributed by atoms with Crippen LogP contribution < -0.4 is 9.47 Å². The van der Waals surface area contributed by atoms with Gasteiger partial charge in [-0.2, -0.15) is 0 Å². The molecule has 4 nitrogen and oxygen atoms in total. The zero-order valence-electron chi connectivity index (χ0n) is 11.2. The normalized spacial score (nSPS) is 13.8. The number of ketones is 1. The highest BCUT2D eigenvalue weighted by Crippen LogP contribution is 2.33. The number of hydrogen-bond donors (Lipinski definition) is 0. The molecule has 0 spiro atoms. The first-order chi connectivity index (χ1) is 8.61. The van der Waals surface area contributed by atoms with Gasteiger partial charge in [-0.3, -0.25) is 4.79 Å². The summed E-state index contributed by atoms with van der Waals surface area (Å²) in [5.74, 6) is 1.55. The van der Waals surface area contributed by atoms with Crippen LogP contribution in [0.1, 0.15) is 22.8 Å². The Hall–Kier alpha value is -1.55. The van der Waals surface area contributed by atoms with Crippen molar-refractivity contribution in [3.8, 4) is 11.5 Å². The third-order valence-electron chi connectivity index (χ3n) is 2.91. The van der Waals surface area contributed by atoms with Gasteiger partial charge in [-0.1, -0.05) is 6.92 Å². The number of rotatable bonds is 4. The number of carbonyl (C=O) groups is 1. The van der Waals surface area contributed by atoms with E-state index in [1.165, 1.54) is 0 Å². The van der Waals surface area contributed by atoms with E-state index in [0.29, 0.717) is 25.5 Å². The molecule has 4 heteroatoms. The number of fused-ring (bicyclic) bond motifs is 1. The summed E-state index contributed by atoms with van der Waals surface area (Å²) in [4.78, 5) is 14.1. The van der Waals surface area contributed by atoms with Gasteiger partial charge in [-0.25, -0.2) is 0 Å². The molecule has 1 aliphatic heterocycles. The Morgan fingerprint density at radius 1 is 1.22 bits per heavy atom. The SMILES string of the molecule is CCc1cc2c(cc1C(=O)CN(C)C)OCCO2. The van der Waals surface area contributed by atoms with E-state index in [4.69, 9.17) is 9.47 Å². The summed E-state index contributed by atoms with van der Waals surface area (Å²) in [5, 5.41) is 0. The van der Waals surface area contributed by atoms with Crippen LogP contribution in [0.2, 0.25) is 0 Å². The summed E-state index contributed by atoms with van der Waals surface area (Å²) in [6, 6.07) is 3.75. The quantitative estimate of drug-likeness (QED) is 0.762. The molecule has 0 aromatic heterocycles. The van der Waals surface area contributed by atoms with Crippen molar-refractivity contribution in [1.29, 1.82) is 0 Å². The van der Waals surface area contributed by atoms with E-state index < -0.39 is 0 Å². The van der Waals surface area contributed by atoms with Crippen LogP contribution in [-0.2, 0) is 6.42 Å². The van der Waals surface area contributed by atoms with Gasteiger partial charge in [0.15, 0.2) is 17.3 Å². The Bertz CT molecular complexity index is 455. The van der Waals surface area contributed by atoms with Crippen LogP contribution in [0.3, 0.4) is 0 Å². The maximum absolute atomic E-state index is 12.2. The molecule has 0 amide bonds. The van der Waals surface area contributed by atoms with Gasteiger partial charge in [0.1, 0.15) is 13.2 Å². The Balaban J connectivity index is 2.36. The van der Waals surface area contributed by atoms with E-state index in [1.807, 2.05) is 38.1 Å². The molecule has 0 radical (unpaired) electrons. The van der Waals surface area contributed by atoms with E-state index in [2.05, 4.69) is 0 Å². The maximum Gasteiger partial charge on any atom is 0.177 e. The average Bonchev–Trinajstić information content (AvgIpc) is 2.36. The summed E-state index contributed by atoms with van der Waals surface area (Å²) in [7, 11) is 3.78. The molecule has 1 aromatic carbocycles. The highest BCUT2D eigenvalue weighted by atomic mass is 16.6. The topological polar surface area (TPSA) is 38.8 Å². The number of aryl methyl sites for hydroxylation is 1. The second-order valence-corrected chi connectivity index (χ2v) is 4.67. The van der Waals surface area contributed by atoms with Gasteiger partial charge in [0.25, 0.3) is 0 Å². The summed E-state index contributed by atoms with van der Waals surface area (Å²) in [5.41, 5.74) is 1.77. The van der Waals surface area contributed by atoms with Crippen molar-refractivity contribution in [2.24, 2.45) is 0 Å². The van der Waals surface area contributed by atoms with Crippen molar-refractivity contribution in [2.75, 3.05) is 33.9 Å². The minimum atomic E-state index is 0.119. The molecule has 1 aliphatic rings. The van der Waals surface area contributed by atoms with E-state index in [0.717, 1.165) is 23.3 Å². The molecule has 1 aromatic rings. The van der Waals surface area contributed by atoms with E-state index in [1.54, 1.807) is 0 Å². The van der Waals surface area contributed by atoms with Gasteiger partial charge in [-0.15, -0.1) is 0 Å². The molecular formula is C14H19NO3. The van der Waals surface area contributed by atoms with Gasteiger partial charge in [0.2, 0.25) is 0 Å². The average molecular weight is 249 g/mol. The van der Waals surface area contributed by atoms with Crippen LogP contribution in [0.25, 0.3) is 0 Å². The number of Topliss-reactive ketones (excluding diaryl/α,β-unsaturated/α-hetero) is 1. The molecule has 0 bridgehead atoms. The molecule has 0 saturated heterocycles. The molecule has 0 unspecified atom stereocenters. The second kappa shape index (κ2) is 5.40. The van der Waals surface area contributed by atoms with Crippen molar-refractivity contribution >= 4 is 5.78 Å². The van der Waals surface area contributed by atoms with Crippen molar-refractivity contribution < 1.29 is 14.3 Å². The van der Waals surface area contributed by atoms with Gasteiger partial charge >= 0.3 is 0 Å². The third-order valence-corrected chi connectivity index (χ3v) is 2.91. The third kappa shape index (κ3) is 2.64. The Kier molecular flexibility index (Phi) is 3.87. The van der Waals surface area contributed by atoms with Crippen LogP contribution >= 0.6 is 0 Å². The highest BCUT2D eigenvalue weighted by molar-refractivity contribution is 5.99. The standard InChI is InChI=1S/C14H19NO3/c1-4-10-7-13-14(18-6-5-17-13)8-11(10)12(16)9-15(2)3/h7-8H,4-6,9H2,1-3H3. The molecule has 0 fully saturated rings. The summed E-state index contributed by atoms with van der Waals surface area (Å²) < 4.78 is 11.1. The number of likely N-dealkylation sites (N-methyl/N-ethyl adjacent to an activating group) is 1. The van der Waals surface area contributed by atoms with Gasteiger partial charge in [-0.05, 0) is 38.2 Å². The molecule has 0 N–H and O–H groups in total. The lowest BCUT2D eigenvalue weighted by Gasteiger charge is -2.21. The van der Waals surface area contributed by atoms with Crippen LogP contribution in [-0.4, -0.2) is 44.5 Å². The minimum absolute atomic E-state index is 0.119. The van der Waals surface area contributed by atoms with E-state index in [-0.39, 0.29) is 5.78 Å². The van der Waals surface area contributed by atoms with Crippen LogP contribution in [0.4, 0.5) is 0 Å².